The third-order valence-electron chi connectivity index (χ3n) is 3.66. The van der Waals surface area contributed by atoms with Crippen LogP contribution in [0.5, 0.6) is 11.5 Å². The van der Waals surface area contributed by atoms with E-state index in [4.69, 9.17) is 4.74 Å². The van der Waals surface area contributed by atoms with Crippen LogP contribution in [0.4, 0.5) is 5.69 Å². The van der Waals surface area contributed by atoms with Crippen molar-refractivity contribution in [1.29, 1.82) is 5.26 Å². The second-order valence-corrected chi connectivity index (χ2v) is 6.59. The lowest BCUT2D eigenvalue weighted by Gasteiger charge is -2.08. The van der Waals surface area contributed by atoms with Crippen LogP contribution < -0.4 is 10.1 Å². The van der Waals surface area contributed by atoms with E-state index >= 15 is 0 Å². The Bertz CT molecular complexity index is 1030. The van der Waals surface area contributed by atoms with Crippen molar-refractivity contribution in [2.24, 2.45) is 0 Å². The second kappa shape index (κ2) is 8.43. The number of nitriles is 1. The number of rotatable bonds is 6. The predicted molar refractivity (Wildman–Crippen MR) is 105 cm³/mol. The van der Waals surface area contributed by atoms with Crippen LogP contribution in [0, 0.1) is 11.3 Å². The minimum absolute atomic E-state index is 0.0773. The summed E-state index contributed by atoms with van der Waals surface area (Å²) in [6.07, 6.45) is 0. The van der Waals surface area contributed by atoms with E-state index in [0.29, 0.717) is 34.1 Å². The molecule has 2 aromatic carbocycles. The van der Waals surface area contributed by atoms with Crippen molar-refractivity contribution >= 4 is 34.3 Å². The molecule has 0 bridgehead atoms. The molecule has 0 saturated heterocycles. The molecule has 0 aliphatic carbocycles. The van der Waals surface area contributed by atoms with Gasteiger partial charge in [0.05, 0.1) is 23.4 Å². The first-order chi connectivity index (χ1) is 13.1. The molecule has 1 aromatic heterocycles. The van der Waals surface area contributed by atoms with E-state index in [-0.39, 0.29) is 17.4 Å². The van der Waals surface area contributed by atoms with Gasteiger partial charge in [-0.1, -0.05) is 17.8 Å². The van der Waals surface area contributed by atoms with Crippen molar-refractivity contribution in [3.05, 3.63) is 54.1 Å². The van der Waals surface area contributed by atoms with E-state index in [1.165, 1.54) is 23.9 Å². The lowest BCUT2D eigenvalue weighted by atomic mass is 10.1. The van der Waals surface area contributed by atoms with E-state index in [0.717, 1.165) is 5.39 Å². The first-order valence-electron chi connectivity index (χ1n) is 8.28. The average molecular weight is 379 g/mol. The monoisotopic (exact) mass is 379 g/mol. The number of carbonyl (C=O) groups excluding carboxylic acids is 1. The minimum atomic E-state index is -0.251. The summed E-state index contributed by atoms with van der Waals surface area (Å²) in [7, 11) is 0. The van der Waals surface area contributed by atoms with Crippen LogP contribution in [0.2, 0.25) is 0 Å². The molecule has 0 unspecified atom stereocenters. The number of ether oxygens (including phenoxy) is 1. The minimum Gasteiger partial charge on any atom is -0.508 e. The third-order valence-corrected chi connectivity index (χ3v) is 4.65. The van der Waals surface area contributed by atoms with Crippen molar-refractivity contribution in [2.45, 2.75) is 11.9 Å². The van der Waals surface area contributed by atoms with Gasteiger partial charge in [0.25, 0.3) is 0 Å². The van der Waals surface area contributed by atoms with Crippen molar-refractivity contribution in [1.82, 2.24) is 4.98 Å². The summed E-state index contributed by atoms with van der Waals surface area (Å²) in [5.74, 6) is 0.626. The summed E-state index contributed by atoms with van der Waals surface area (Å²) in [5.41, 5.74) is 1.63. The Balaban J connectivity index is 1.76. The highest BCUT2D eigenvalue weighted by atomic mass is 32.2. The van der Waals surface area contributed by atoms with Gasteiger partial charge in [0.2, 0.25) is 5.91 Å². The van der Waals surface area contributed by atoms with E-state index < -0.39 is 0 Å². The highest BCUT2D eigenvalue weighted by Gasteiger charge is 2.11. The molecule has 0 atom stereocenters. The smallest absolute Gasteiger partial charge is 0.234 e. The fourth-order valence-electron chi connectivity index (χ4n) is 2.49. The van der Waals surface area contributed by atoms with Gasteiger partial charge < -0.3 is 15.2 Å². The highest BCUT2D eigenvalue weighted by Crippen LogP contribution is 2.27. The molecule has 0 fully saturated rings. The van der Waals surface area contributed by atoms with Gasteiger partial charge >= 0.3 is 0 Å². The zero-order valence-electron chi connectivity index (χ0n) is 14.6. The first kappa shape index (κ1) is 18.5. The molecule has 0 saturated carbocycles. The van der Waals surface area contributed by atoms with Gasteiger partial charge in [0.1, 0.15) is 22.6 Å². The molecule has 3 rings (SSSR count). The number of anilines is 1. The normalized spacial score (nSPS) is 10.4. The number of amides is 1. The molecular formula is C20H17N3O3S. The molecule has 1 amide bonds. The fraction of sp³-hybridized carbons (Fsp3) is 0.150. The number of pyridine rings is 1. The number of phenolic OH excluding ortho intramolecular Hbond substituents is 1. The van der Waals surface area contributed by atoms with Crippen molar-refractivity contribution < 1.29 is 14.6 Å². The van der Waals surface area contributed by atoms with E-state index in [1.54, 1.807) is 18.2 Å². The number of benzene rings is 2. The maximum atomic E-state index is 12.2. The molecule has 1 heterocycles. The van der Waals surface area contributed by atoms with Crippen LogP contribution in [0.25, 0.3) is 10.9 Å². The lowest BCUT2D eigenvalue weighted by Crippen LogP contribution is -2.14. The zero-order chi connectivity index (χ0) is 19.2. The molecule has 2 N–H and O–H groups in total. The SMILES string of the molecule is CCOc1ccc2cc(C#N)c(SCC(=O)Nc3cccc(O)c3)nc2c1. The topological polar surface area (TPSA) is 95.2 Å². The number of aromatic nitrogens is 1. The van der Waals surface area contributed by atoms with Crippen LogP contribution in [-0.4, -0.2) is 28.4 Å². The number of hydrogen-bond donors (Lipinski definition) is 2. The van der Waals surface area contributed by atoms with Crippen LogP contribution >= 0.6 is 11.8 Å². The summed E-state index contributed by atoms with van der Waals surface area (Å²) >= 11 is 1.19. The first-order valence-corrected chi connectivity index (χ1v) is 9.27. The van der Waals surface area contributed by atoms with E-state index in [1.807, 2.05) is 25.1 Å². The number of fused-ring (bicyclic) bond motifs is 1. The molecular weight excluding hydrogens is 362 g/mol. The number of hydrogen-bond acceptors (Lipinski definition) is 6. The van der Waals surface area contributed by atoms with Gasteiger partial charge in [-0.25, -0.2) is 4.98 Å². The predicted octanol–water partition coefficient (Wildman–Crippen LogP) is 3.94. The summed E-state index contributed by atoms with van der Waals surface area (Å²) in [6.45, 7) is 2.46. The standard InChI is InChI=1S/C20H17N3O3S/c1-2-26-17-7-6-13-8-14(11-21)20(23-18(13)10-17)27-12-19(25)22-15-4-3-5-16(24)9-15/h3-10,24H,2,12H2,1H3,(H,22,25). The number of aromatic hydroxyl groups is 1. The number of nitrogens with one attached hydrogen (secondary N) is 1. The summed E-state index contributed by atoms with van der Waals surface area (Å²) < 4.78 is 5.49. The maximum Gasteiger partial charge on any atom is 0.234 e. The molecule has 7 heteroatoms. The summed E-state index contributed by atoms with van der Waals surface area (Å²) in [5, 5.41) is 22.9. The van der Waals surface area contributed by atoms with E-state index in [2.05, 4.69) is 16.4 Å². The zero-order valence-corrected chi connectivity index (χ0v) is 15.4. The molecule has 0 spiro atoms. The Labute approximate surface area is 160 Å². The van der Waals surface area contributed by atoms with Crippen LogP contribution in [0.3, 0.4) is 0 Å². The Kier molecular flexibility index (Phi) is 5.79. The Morgan fingerprint density at radius 3 is 2.89 bits per heavy atom. The second-order valence-electron chi connectivity index (χ2n) is 5.63. The van der Waals surface area contributed by atoms with Crippen molar-refractivity contribution in [3.63, 3.8) is 0 Å². The van der Waals surface area contributed by atoms with Gasteiger partial charge in [-0.05, 0) is 37.3 Å². The number of thioether (sulfide) groups is 1. The Hall–Kier alpha value is -3.24. The number of phenols is 1. The number of carbonyl (C=O) groups is 1. The van der Waals surface area contributed by atoms with Gasteiger partial charge in [0, 0.05) is 23.2 Å². The molecule has 3 aromatic rings. The Morgan fingerprint density at radius 1 is 1.30 bits per heavy atom. The van der Waals surface area contributed by atoms with Gasteiger partial charge in [-0.15, -0.1) is 0 Å². The van der Waals surface area contributed by atoms with E-state index in [9.17, 15) is 15.2 Å². The van der Waals surface area contributed by atoms with Crippen LogP contribution in [0.1, 0.15) is 12.5 Å². The van der Waals surface area contributed by atoms with Gasteiger partial charge in [0.15, 0.2) is 0 Å². The molecule has 136 valence electrons. The number of nitrogens with zero attached hydrogens (tertiary/aromatic N) is 2. The molecule has 27 heavy (non-hydrogen) atoms. The largest absolute Gasteiger partial charge is 0.508 e. The maximum absolute atomic E-state index is 12.2. The van der Waals surface area contributed by atoms with Gasteiger partial charge in [-0.2, -0.15) is 5.26 Å². The summed E-state index contributed by atoms with van der Waals surface area (Å²) in [4.78, 5) is 16.7. The molecule has 0 radical (unpaired) electrons. The van der Waals surface area contributed by atoms with Crippen molar-refractivity contribution in [2.75, 3.05) is 17.7 Å². The molecule has 0 aliphatic heterocycles. The fourth-order valence-corrected chi connectivity index (χ4v) is 3.25. The van der Waals surface area contributed by atoms with Crippen LogP contribution in [-0.2, 0) is 4.79 Å². The van der Waals surface area contributed by atoms with Gasteiger partial charge in [-0.3, -0.25) is 4.79 Å². The third kappa shape index (κ3) is 4.68. The van der Waals surface area contributed by atoms with Crippen LogP contribution in [0.15, 0.2) is 53.6 Å². The lowest BCUT2D eigenvalue weighted by molar-refractivity contribution is -0.113. The Morgan fingerprint density at radius 2 is 2.15 bits per heavy atom. The highest BCUT2D eigenvalue weighted by molar-refractivity contribution is 8.00. The summed E-state index contributed by atoms with van der Waals surface area (Å²) in [6, 6.07) is 15.7. The molecule has 6 nitrogen and oxygen atoms in total. The quantitative estimate of drug-likeness (QED) is 0.630. The average Bonchev–Trinajstić information content (AvgIpc) is 2.66. The molecule has 0 aliphatic rings. The van der Waals surface area contributed by atoms with Crippen molar-refractivity contribution in [3.8, 4) is 17.6 Å².